The van der Waals surface area contributed by atoms with Gasteiger partial charge in [-0.1, -0.05) is 78.9 Å². The third kappa shape index (κ3) is 2.82. The summed E-state index contributed by atoms with van der Waals surface area (Å²) in [6, 6.07) is 26.8. The second-order valence-corrected chi connectivity index (χ2v) is 11.9. The lowest BCUT2D eigenvalue weighted by Gasteiger charge is -2.63. The zero-order valence-corrected chi connectivity index (χ0v) is 21.2. The molecule has 0 aromatic heterocycles. The molecule has 1 saturated heterocycles. The summed E-state index contributed by atoms with van der Waals surface area (Å²) in [6.45, 7) is 5.56. The highest BCUT2D eigenvalue weighted by Crippen LogP contribution is 2.58. The van der Waals surface area contributed by atoms with Crippen LogP contribution in [0, 0.1) is 0 Å². The summed E-state index contributed by atoms with van der Waals surface area (Å²) < 4.78 is 34.1. The van der Waals surface area contributed by atoms with Crippen LogP contribution in [0.3, 0.4) is 0 Å². The molecule has 3 aliphatic rings. The van der Waals surface area contributed by atoms with E-state index in [-0.39, 0.29) is 21.7 Å². The minimum atomic E-state index is -3.89. The quantitative estimate of drug-likeness (QED) is 0.376. The van der Waals surface area contributed by atoms with Crippen LogP contribution in [0.4, 0.5) is 0 Å². The van der Waals surface area contributed by atoms with Crippen molar-refractivity contribution in [2.45, 2.75) is 48.8 Å². The smallest absolute Gasteiger partial charge is 0.241 e. The van der Waals surface area contributed by atoms with Crippen molar-refractivity contribution in [2.75, 3.05) is 0 Å². The molecule has 36 heavy (non-hydrogen) atoms. The molecule has 3 aromatic rings. The highest BCUT2D eigenvalue weighted by atomic mass is 32.2. The molecule has 6 heteroatoms. The van der Waals surface area contributed by atoms with Crippen molar-refractivity contribution in [1.82, 2.24) is 4.90 Å². The van der Waals surface area contributed by atoms with Crippen molar-refractivity contribution < 1.29 is 17.9 Å². The Kier molecular flexibility index (Phi) is 4.86. The number of hydrogen-bond acceptors (Lipinski definition) is 4. The summed E-state index contributed by atoms with van der Waals surface area (Å²) in [6.07, 6.45) is 2.02. The molecule has 3 aromatic carbocycles. The number of carbonyl (C=O) groups excluding carboxylic acids is 1. The predicted molar refractivity (Wildman–Crippen MR) is 138 cm³/mol. The van der Waals surface area contributed by atoms with Crippen LogP contribution in [0.5, 0.6) is 0 Å². The van der Waals surface area contributed by atoms with Crippen LogP contribution in [-0.4, -0.2) is 36.9 Å². The van der Waals surface area contributed by atoms with Gasteiger partial charge in [0, 0.05) is 0 Å². The Morgan fingerprint density at radius 2 is 1.28 bits per heavy atom. The average Bonchev–Trinajstić information content (AvgIpc) is 3.14. The van der Waals surface area contributed by atoms with E-state index in [9.17, 15) is 13.2 Å². The molecule has 0 aliphatic carbocycles. The third-order valence-electron chi connectivity index (χ3n) is 7.80. The van der Waals surface area contributed by atoms with Gasteiger partial charge in [-0.3, -0.25) is 4.79 Å². The number of carbonyl (C=O) groups is 1. The summed E-state index contributed by atoms with van der Waals surface area (Å²) in [5.74, 6) is 0.216. The van der Waals surface area contributed by atoms with Crippen LogP contribution in [0.2, 0.25) is 0 Å². The van der Waals surface area contributed by atoms with Gasteiger partial charge in [0.15, 0.2) is 0 Å². The lowest BCUT2D eigenvalue weighted by atomic mass is 9.57. The van der Waals surface area contributed by atoms with Gasteiger partial charge >= 0.3 is 0 Å². The van der Waals surface area contributed by atoms with Gasteiger partial charge in [0.1, 0.15) is 27.7 Å². The molecule has 182 valence electrons. The Bertz CT molecular complexity index is 1490. The number of sulfone groups is 1. The van der Waals surface area contributed by atoms with Gasteiger partial charge in [-0.25, -0.2) is 8.42 Å². The van der Waals surface area contributed by atoms with Crippen molar-refractivity contribution >= 4 is 15.7 Å². The summed E-state index contributed by atoms with van der Waals surface area (Å²) in [7, 11) is -3.89. The van der Waals surface area contributed by atoms with E-state index in [4.69, 9.17) is 4.74 Å². The number of fused-ring (bicyclic) bond motifs is 3. The number of benzene rings is 3. The fraction of sp³-hybridized carbons (Fsp3) is 0.233. The van der Waals surface area contributed by atoms with Gasteiger partial charge in [0.05, 0.1) is 10.9 Å². The largest absolute Gasteiger partial charge is 0.484 e. The lowest BCUT2D eigenvalue weighted by Crippen LogP contribution is -2.78. The molecule has 0 bridgehead atoms. The monoisotopic (exact) mass is 497 g/mol. The zero-order valence-electron chi connectivity index (χ0n) is 20.4. The van der Waals surface area contributed by atoms with E-state index in [1.807, 2.05) is 80.6 Å². The van der Waals surface area contributed by atoms with Crippen LogP contribution >= 0.6 is 0 Å². The van der Waals surface area contributed by atoms with Gasteiger partial charge < -0.3 is 9.64 Å². The van der Waals surface area contributed by atoms with E-state index in [0.29, 0.717) is 5.76 Å². The SMILES string of the molecule is CC1=C[C@]2(C)OC(C)=C(S(=O)(=O)c3ccccc3)[C@@H]2N2C(=O)C(c3ccccc3)(c3ccccc3)[C@@H]12. The van der Waals surface area contributed by atoms with Crippen molar-refractivity contribution in [1.29, 1.82) is 0 Å². The Hall–Kier alpha value is -3.64. The van der Waals surface area contributed by atoms with Crippen LogP contribution in [0.1, 0.15) is 31.9 Å². The van der Waals surface area contributed by atoms with Crippen molar-refractivity contribution in [3.63, 3.8) is 0 Å². The normalized spacial score (nSPS) is 26.5. The Morgan fingerprint density at radius 3 is 1.81 bits per heavy atom. The van der Waals surface area contributed by atoms with Crippen LogP contribution in [0.15, 0.2) is 118 Å². The van der Waals surface area contributed by atoms with E-state index in [2.05, 4.69) is 0 Å². The van der Waals surface area contributed by atoms with Gasteiger partial charge in [-0.05, 0) is 55.7 Å². The topological polar surface area (TPSA) is 63.7 Å². The van der Waals surface area contributed by atoms with Gasteiger partial charge in [0.25, 0.3) is 0 Å². The van der Waals surface area contributed by atoms with Gasteiger partial charge in [-0.2, -0.15) is 0 Å². The number of allylic oxidation sites excluding steroid dienone is 1. The first-order valence-electron chi connectivity index (χ1n) is 12.1. The average molecular weight is 498 g/mol. The molecule has 0 N–H and O–H groups in total. The highest BCUT2D eigenvalue weighted by molar-refractivity contribution is 7.95. The molecule has 1 amide bonds. The number of ether oxygens (including phenoxy) is 1. The molecule has 0 radical (unpaired) electrons. The van der Waals surface area contributed by atoms with Crippen LogP contribution < -0.4 is 0 Å². The first kappa shape index (κ1) is 22.8. The van der Waals surface area contributed by atoms with E-state index in [1.165, 1.54) is 0 Å². The molecule has 0 spiro atoms. The summed E-state index contributed by atoms with van der Waals surface area (Å²) in [5.41, 5.74) is 0.851. The first-order chi connectivity index (χ1) is 17.2. The Balaban J connectivity index is 1.56. The second kappa shape index (κ2) is 7.68. The fourth-order valence-corrected chi connectivity index (χ4v) is 8.36. The molecular weight excluding hydrogens is 470 g/mol. The molecule has 0 unspecified atom stereocenters. The number of rotatable bonds is 4. The first-order valence-corrected chi connectivity index (χ1v) is 13.5. The predicted octanol–water partition coefficient (Wildman–Crippen LogP) is 5.01. The van der Waals surface area contributed by atoms with E-state index < -0.39 is 26.9 Å². The van der Waals surface area contributed by atoms with E-state index in [1.54, 1.807) is 42.2 Å². The number of amides is 1. The molecule has 6 rings (SSSR count). The summed E-state index contributed by atoms with van der Waals surface area (Å²) in [5, 5.41) is 0. The maximum Gasteiger partial charge on any atom is 0.241 e. The molecule has 0 saturated carbocycles. The molecule has 3 atom stereocenters. The second-order valence-electron chi connectivity index (χ2n) is 9.97. The minimum absolute atomic E-state index is 0.118. The van der Waals surface area contributed by atoms with Gasteiger partial charge in [-0.15, -0.1) is 0 Å². The number of β-lactam (4-membered cyclic amide) rings is 1. The highest BCUT2D eigenvalue weighted by Gasteiger charge is 2.71. The maximum atomic E-state index is 14.5. The molecule has 1 fully saturated rings. The standard InChI is InChI=1S/C30H27NO4S/c1-20-19-29(3)27(25(21(2)35-29)36(33,34)24-17-11-6-12-18-24)31-26(20)30(28(31)32,22-13-7-4-8-14-22)23-15-9-5-10-16-23/h4-19,26-27H,1-3H3/t26-,27+,29+/m1/s1. The Labute approximate surface area is 211 Å². The van der Waals surface area contributed by atoms with Crippen molar-refractivity contribution in [3.8, 4) is 0 Å². The van der Waals surface area contributed by atoms with Crippen LogP contribution in [-0.2, 0) is 24.8 Å². The van der Waals surface area contributed by atoms with Crippen molar-refractivity contribution in [2.24, 2.45) is 0 Å². The molecule has 3 aliphatic heterocycles. The third-order valence-corrected chi connectivity index (χ3v) is 9.78. The Morgan fingerprint density at radius 1 is 0.778 bits per heavy atom. The summed E-state index contributed by atoms with van der Waals surface area (Å²) in [4.78, 5) is 16.6. The van der Waals surface area contributed by atoms with Crippen LogP contribution in [0.25, 0.3) is 0 Å². The summed E-state index contributed by atoms with van der Waals surface area (Å²) >= 11 is 0. The van der Waals surface area contributed by atoms with Gasteiger partial charge in [0.2, 0.25) is 15.7 Å². The lowest BCUT2D eigenvalue weighted by molar-refractivity contribution is -0.165. The number of hydrogen-bond donors (Lipinski definition) is 0. The number of nitrogens with zero attached hydrogens (tertiary/aromatic N) is 1. The van der Waals surface area contributed by atoms with E-state index >= 15 is 0 Å². The molecular formula is C30H27NO4S. The molecule has 5 nitrogen and oxygen atoms in total. The minimum Gasteiger partial charge on any atom is -0.484 e. The fourth-order valence-electron chi connectivity index (χ4n) is 6.53. The molecule has 3 heterocycles. The van der Waals surface area contributed by atoms with Crippen molar-refractivity contribution in [3.05, 3.63) is 124 Å². The maximum absolute atomic E-state index is 14.5. The zero-order chi connectivity index (χ0) is 25.3. The van der Waals surface area contributed by atoms with E-state index in [0.717, 1.165) is 16.7 Å².